The number of hydrogen-bond acceptors (Lipinski definition) is 4. The number of hydrogen-bond donors (Lipinski definition) is 1. The van der Waals surface area contributed by atoms with Crippen LogP contribution in [-0.2, 0) is 0 Å². The number of methoxy groups -OCH3 is 1. The van der Waals surface area contributed by atoms with E-state index < -0.39 is 0 Å². The van der Waals surface area contributed by atoms with Crippen molar-refractivity contribution in [2.75, 3.05) is 19.5 Å². The van der Waals surface area contributed by atoms with Gasteiger partial charge >= 0.3 is 0 Å². The minimum atomic E-state index is 0.432. The Kier molecular flexibility index (Phi) is 3.49. The normalized spacial score (nSPS) is 15.6. The number of anilines is 1. The van der Waals surface area contributed by atoms with Crippen molar-refractivity contribution < 1.29 is 9.47 Å². The first kappa shape index (κ1) is 11.0. The highest BCUT2D eigenvalue weighted by atomic mass is 16.5. The molecular weight excluding hydrogens is 204 g/mol. The summed E-state index contributed by atoms with van der Waals surface area (Å²) in [6, 6.07) is 3.53. The minimum absolute atomic E-state index is 0.432. The maximum atomic E-state index is 5.66. The van der Waals surface area contributed by atoms with E-state index in [1.807, 2.05) is 0 Å². The van der Waals surface area contributed by atoms with Gasteiger partial charge in [0.15, 0.2) is 0 Å². The van der Waals surface area contributed by atoms with Crippen LogP contribution in [0.4, 0.5) is 5.69 Å². The molecule has 0 aromatic carbocycles. The molecule has 1 aromatic heterocycles. The van der Waals surface area contributed by atoms with Gasteiger partial charge in [-0.25, -0.2) is 0 Å². The average molecular weight is 222 g/mol. The molecule has 0 saturated heterocycles. The van der Waals surface area contributed by atoms with E-state index in [-0.39, 0.29) is 0 Å². The van der Waals surface area contributed by atoms with Gasteiger partial charge in [-0.05, 0) is 18.4 Å². The summed E-state index contributed by atoms with van der Waals surface area (Å²) < 4.78 is 10.6. The second kappa shape index (κ2) is 5.05. The molecular formula is C12H18N2O2. The Balaban J connectivity index is 1.83. The van der Waals surface area contributed by atoms with Crippen LogP contribution in [0, 0.1) is 5.92 Å². The lowest BCUT2D eigenvalue weighted by atomic mass is 9.83. The van der Waals surface area contributed by atoms with Gasteiger partial charge in [0, 0.05) is 6.07 Å². The molecule has 88 valence electrons. The molecule has 2 rings (SSSR count). The van der Waals surface area contributed by atoms with Crippen LogP contribution in [-0.4, -0.2) is 18.7 Å². The van der Waals surface area contributed by atoms with Gasteiger partial charge in [0.25, 0.3) is 0 Å². The summed E-state index contributed by atoms with van der Waals surface area (Å²) in [5.74, 6) is 1.88. The van der Waals surface area contributed by atoms with Crippen LogP contribution < -0.4 is 15.2 Å². The Morgan fingerprint density at radius 3 is 2.88 bits per heavy atom. The molecule has 4 nitrogen and oxygen atoms in total. The summed E-state index contributed by atoms with van der Waals surface area (Å²) in [4.78, 5) is 4.16. The Hall–Kier alpha value is -1.45. The lowest BCUT2D eigenvalue weighted by molar-refractivity contribution is 0.216. The molecule has 0 radical (unpaired) electrons. The van der Waals surface area contributed by atoms with Gasteiger partial charge in [0.05, 0.1) is 19.4 Å². The standard InChI is InChI=1S/C12H18N2O2/c1-15-12-10(13)5-6-11(14-12)16-8-7-9-3-2-4-9/h5-6,9H,2-4,7-8,13H2,1H3. The fourth-order valence-corrected chi connectivity index (χ4v) is 1.79. The molecule has 0 spiro atoms. The van der Waals surface area contributed by atoms with Crippen molar-refractivity contribution >= 4 is 5.69 Å². The molecule has 4 heteroatoms. The molecule has 1 aromatic rings. The number of nitrogens with zero attached hydrogens (tertiary/aromatic N) is 1. The van der Waals surface area contributed by atoms with Crippen molar-refractivity contribution in [3.8, 4) is 11.8 Å². The van der Waals surface area contributed by atoms with Gasteiger partial charge in [0.2, 0.25) is 11.8 Å². The third-order valence-electron chi connectivity index (χ3n) is 3.06. The van der Waals surface area contributed by atoms with Crippen LogP contribution in [0.25, 0.3) is 0 Å². The largest absolute Gasteiger partial charge is 0.479 e. The fraction of sp³-hybridized carbons (Fsp3) is 0.583. The SMILES string of the molecule is COc1nc(OCCC2CCC2)ccc1N. The molecule has 1 heterocycles. The third kappa shape index (κ3) is 2.56. The molecule has 0 aliphatic heterocycles. The lowest BCUT2D eigenvalue weighted by Gasteiger charge is -2.24. The molecule has 0 bridgehead atoms. The van der Waals surface area contributed by atoms with E-state index in [2.05, 4.69) is 4.98 Å². The summed E-state index contributed by atoms with van der Waals surface area (Å²) in [6.45, 7) is 0.727. The monoisotopic (exact) mass is 222 g/mol. The number of nitrogen functional groups attached to an aromatic ring is 1. The van der Waals surface area contributed by atoms with Gasteiger partial charge in [0.1, 0.15) is 0 Å². The smallest absolute Gasteiger partial charge is 0.240 e. The van der Waals surface area contributed by atoms with Crippen LogP contribution in [0.2, 0.25) is 0 Å². The predicted octanol–water partition coefficient (Wildman–Crippen LogP) is 2.24. The highest BCUT2D eigenvalue weighted by Crippen LogP contribution is 2.29. The summed E-state index contributed by atoms with van der Waals surface area (Å²) in [6.07, 6.45) is 5.19. The molecule has 0 atom stereocenters. The van der Waals surface area contributed by atoms with E-state index in [0.717, 1.165) is 18.9 Å². The molecule has 1 saturated carbocycles. The predicted molar refractivity (Wildman–Crippen MR) is 62.7 cm³/mol. The molecule has 16 heavy (non-hydrogen) atoms. The number of ether oxygens (including phenoxy) is 2. The Morgan fingerprint density at radius 1 is 1.44 bits per heavy atom. The van der Waals surface area contributed by atoms with Crippen LogP contribution in [0.1, 0.15) is 25.7 Å². The van der Waals surface area contributed by atoms with Gasteiger partial charge in [-0.15, -0.1) is 0 Å². The number of nitrogens with two attached hydrogens (primary N) is 1. The van der Waals surface area contributed by atoms with Gasteiger partial charge in [-0.3, -0.25) is 0 Å². The maximum absolute atomic E-state index is 5.66. The molecule has 1 fully saturated rings. The van der Waals surface area contributed by atoms with E-state index >= 15 is 0 Å². The average Bonchev–Trinajstić information content (AvgIpc) is 2.24. The van der Waals surface area contributed by atoms with E-state index in [0.29, 0.717) is 17.4 Å². The topological polar surface area (TPSA) is 57.4 Å². The van der Waals surface area contributed by atoms with Gasteiger partial charge < -0.3 is 15.2 Å². The number of aromatic nitrogens is 1. The van der Waals surface area contributed by atoms with Crippen LogP contribution >= 0.6 is 0 Å². The summed E-state index contributed by atoms with van der Waals surface area (Å²) >= 11 is 0. The second-order valence-corrected chi connectivity index (χ2v) is 4.18. The molecule has 1 aliphatic carbocycles. The quantitative estimate of drug-likeness (QED) is 0.830. The van der Waals surface area contributed by atoms with E-state index in [4.69, 9.17) is 15.2 Å². The van der Waals surface area contributed by atoms with Crippen LogP contribution in [0.3, 0.4) is 0 Å². The highest BCUT2D eigenvalue weighted by Gasteiger charge is 2.17. The second-order valence-electron chi connectivity index (χ2n) is 4.18. The Morgan fingerprint density at radius 2 is 2.25 bits per heavy atom. The van der Waals surface area contributed by atoms with E-state index in [1.165, 1.54) is 19.3 Å². The number of rotatable bonds is 5. The van der Waals surface area contributed by atoms with Crippen LogP contribution in [0.5, 0.6) is 11.8 Å². The third-order valence-corrected chi connectivity index (χ3v) is 3.06. The highest BCUT2D eigenvalue weighted by molar-refractivity contribution is 5.49. The van der Waals surface area contributed by atoms with E-state index in [9.17, 15) is 0 Å². The van der Waals surface area contributed by atoms with E-state index in [1.54, 1.807) is 19.2 Å². The van der Waals surface area contributed by atoms with Crippen molar-refractivity contribution in [2.24, 2.45) is 5.92 Å². The molecule has 2 N–H and O–H groups in total. The zero-order valence-corrected chi connectivity index (χ0v) is 9.61. The van der Waals surface area contributed by atoms with Gasteiger partial charge in [-0.2, -0.15) is 4.98 Å². The number of pyridine rings is 1. The Labute approximate surface area is 95.8 Å². The zero-order chi connectivity index (χ0) is 11.4. The van der Waals surface area contributed by atoms with Crippen molar-refractivity contribution in [1.82, 2.24) is 4.98 Å². The Bertz CT molecular complexity index is 351. The maximum Gasteiger partial charge on any atom is 0.240 e. The lowest BCUT2D eigenvalue weighted by Crippen LogP contribution is -2.14. The van der Waals surface area contributed by atoms with Crippen LogP contribution in [0.15, 0.2) is 12.1 Å². The molecule has 0 unspecified atom stereocenters. The molecule has 1 aliphatic rings. The first-order valence-electron chi connectivity index (χ1n) is 5.73. The summed E-state index contributed by atoms with van der Waals surface area (Å²) in [7, 11) is 1.55. The summed E-state index contributed by atoms with van der Waals surface area (Å²) in [5, 5.41) is 0. The zero-order valence-electron chi connectivity index (χ0n) is 9.61. The van der Waals surface area contributed by atoms with Crippen molar-refractivity contribution in [1.29, 1.82) is 0 Å². The first-order chi connectivity index (χ1) is 7.79. The molecule has 0 amide bonds. The van der Waals surface area contributed by atoms with Crippen molar-refractivity contribution in [3.63, 3.8) is 0 Å². The summed E-state index contributed by atoms with van der Waals surface area (Å²) in [5.41, 5.74) is 6.20. The minimum Gasteiger partial charge on any atom is -0.479 e. The first-order valence-corrected chi connectivity index (χ1v) is 5.73. The van der Waals surface area contributed by atoms with Crippen molar-refractivity contribution in [3.05, 3.63) is 12.1 Å². The fourth-order valence-electron chi connectivity index (χ4n) is 1.79. The van der Waals surface area contributed by atoms with Crippen molar-refractivity contribution in [2.45, 2.75) is 25.7 Å². The van der Waals surface area contributed by atoms with Gasteiger partial charge in [-0.1, -0.05) is 19.3 Å².